The second kappa shape index (κ2) is 12.1. The van der Waals surface area contributed by atoms with Crippen molar-refractivity contribution in [3.05, 3.63) is 65.9 Å². The number of benzene rings is 2. The van der Waals surface area contributed by atoms with Crippen LogP contribution >= 0.6 is 11.3 Å². The zero-order valence-electron chi connectivity index (χ0n) is 26.7. The molecule has 4 aliphatic rings. The van der Waals surface area contributed by atoms with Gasteiger partial charge in [0.15, 0.2) is 20.8 Å². The molecule has 19 heteroatoms. The van der Waals surface area contributed by atoms with Gasteiger partial charge in [-0.05, 0) is 62.1 Å². The molecule has 51 heavy (non-hydrogen) atoms. The number of thiazole rings is 1. The number of alkyl halides is 3. The summed E-state index contributed by atoms with van der Waals surface area (Å²) < 4.78 is 124. The molecule has 270 valence electrons. The van der Waals surface area contributed by atoms with Crippen LogP contribution in [0.4, 0.5) is 38.7 Å². The Labute approximate surface area is 293 Å². The van der Waals surface area contributed by atoms with E-state index < -0.39 is 53.8 Å². The lowest BCUT2D eigenvalue weighted by molar-refractivity contribution is -0.140. The maximum atomic E-state index is 16.5. The van der Waals surface area contributed by atoms with Gasteiger partial charge in [-0.2, -0.15) is 13.2 Å². The van der Waals surface area contributed by atoms with Gasteiger partial charge in [-0.15, -0.1) is 0 Å². The Kier molecular flexibility index (Phi) is 8.08. The fourth-order valence-corrected chi connectivity index (χ4v) is 12.4. The lowest BCUT2D eigenvalue weighted by Crippen LogP contribution is -2.52. The van der Waals surface area contributed by atoms with Gasteiger partial charge in [-0.1, -0.05) is 23.5 Å². The molecule has 1 aliphatic carbocycles. The molecule has 2 aromatic heterocycles. The van der Waals surface area contributed by atoms with Crippen LogP contribution in [0, 0.1) is 23.5 Å². The van der Waals surface area contributed by atoms with E-state index in [1.54, 1.807) is 6.07 Å². The van der Waals surface area contributed by atoms with Crippen molar-refractivity contribution in [3.8, 4) is 21.8 Å². The lowest BCUT2D eigenvalue weighted by Gasteiger charge is -2.39. The number of likely N-dealkylation sites (N-methyl/N-ethyl adjacent to an activating group) is 1. The second-order valence-corrected chi connectivity index (χ2v) is 18.2. The van der Waals surface area contributed by atoms with Crippen molar-refractivity contribution in [2.75, 3.05) is 46.6 Å². The van der Waals surface area contributed by atoms with Crippen LogP contribution < -0.4 is 14.9 Å². The molecule has 0 spiro atoms. The monoisotopic (exact) mass is 767 g/mol. The molecule has 1 saturated carbocycles. The minimum atomic E-state index is -5.27. The van der Waals surface area contributed by atoms with Gasteiger partial charge in [-0.25, -0.2) is 40.6 Å². The van der Waals surface area contributed by atoms with E-state index in [4.69, 9.17) is 4.98 Å². The minimum Gasteiger partial charge on any atom is -0.351 e. The number of sulfone groups is 1. The Balaban J connectivity index is 1.18. The molecule has 2 unspecified atom stereocenters. The first-order valence-electron chi connectivity index (χ1n) is 16.0. The second-order valence-electron chi connectivity index (χ2n) is 13.4. The number of fused-ring (bicyclic) bond motifs is 3. The lowest BCUT2D eigenvalue weighted by atomic mass is 10.1. The van der Waals surface area contributed by atoms with Crippen LogP contribution in [0.1, 0.15) is 18.4 Å². The predicted octanol–water partition coefficient (Wildman–Crippen LogP) is 5.10. The number of hydrogen-bond acceptors (Lipinski definition) is 11. The van der Waals surface area contributed by atoms with Gasteiger partial charge in [0.1, 0.15) is 10.7 Å². The van der Waals surface area contributed by atoms with E-state index in [0.29, 0.717) is 27.8 Å². The van der Waals surface area contributed by atoms with Crippen LogP contribution in [-0.2, 0) is 26.0 Å². The molecule has 5 atom stereocenters. The average molecular weight is 768 g/mol. The van der Waals surface area contributed by atoms with Crippen molar-refractivity contribution in [1.29, 1.82) is 0 Å². The standard InChI is InChI=1S/C32H30F5N7O4S3/c1-43-12-16-8-9-17(13-43)44(16)31-41-27(28(49-31)24-10-11-38-30(39-24)40-26-19-14-50(45,46)15-20(19)26)18-4-2-7-23(25(18)34)42-51(47,48)29-21(32(35,36)37)5-3-6-22(29)33/h2-7,10-11,16-17,19-20,26,42H,8-9,12-15H2,1H3,(H,38,39,40)/t16?,17?,19-,20+,26+. The molecule has 2 bridgehead atoms. The molecule has 3 saturated heterocycles. The Morgan fingerprint density at radius 1 is 0.961 bits per heavy atom. The number of piperazine rings is 1. The molecule has 3 aliphatic heterocycles. The zero-order chi connectivity index (χ0) is 36.0. The SMILES string of the molecule is CN1CC2CCC(C1)N2c1nc(-c2cccc(NS(=O)(=O)c3c(F)cccc3C(F)(F)F)c2F)c(-c2ccnc(N[C@H]3[C@@H]4CS(=O)(=O)C[C@@H]43)n2)s1. The van der Waals surface area contributed by atoms with Crippen LogP contribution in [0.2, 0.25) is 0 Å². The summed E-state index contributed by atoms with van der Waals surface area (Å²) in [5, 5.41) is 3.83. The van der Waals surface area contributed by atoms with E-state index in [-0.39, 0.29) is 58.7 Å². The fourth-order valence-electron chi connectivity index (χ4n) is 7.67. The van der Waals surface area contributed by atoms with Crippen molar-refractivity contribution < 1.29 is 38.8 Å². The summed E-state index contributed by atoms with van der Waals surface area (Å²) >= 11 is 1.27. The summed E-state index contributed by atoms with van der Waals surface area (Å²) in [5.74, 6) is -2.40. The summed E-state index contributed by atoms with van der Waals surface area (Å²) in [6, 6.07) is 7.27. The summed E-state index contributed by atoms with van der Waals surface area (Å²) in [6.45, 7) is 1.59. The van der Waals surface area contributed by atoms with Crippen molar-refractivity contribution in [3.63, 3.8) is 0 Å². The number of halogens is 5. The molecule has 2 N–H and O–H groups in total. The van der Waals surface area contributed by atoms with Crippen molar-refractivity contribution in [2.45, 2.75) is 42.0 Å². The quantitative estimate of drug-likeness (QED) is 0.233. The number of nitrogens with one attached hydrogen (secondary N) is 2. The van der Waals surface area contributed by atoms with Crippen molar-refractivity contribution in [1.82, 2.24) is 19.9 Å². The van der Waals surface area contributed by atoms with E-state index in [1.165, 1.54) is 29.7 Å². The molecule has 5 heterocycles. The highest BCUT2D eigenvalue weighted by Gasteiger charge is 2.59. The van der Waals surface area contributed by atoms with Crippen LogP contribution in [0.15, 0.2) is 53.6 Å². The Morgan fingerprint density at radius 3 is 2.33 bits per heavy atom. The fraction of sp³-hybridized carbons (Fsp3) is 0.406. The first-order valence-corrected chi connectivity index (χ1v) is 20.2. The van der Waals surface area contributed by atoms with Gasteiger partial charge in [0, 0.05) is 43.0 Å². The molecule has 11 nitrogen and oxygen atoms in total. The van der Waals surface area contributed by atoms with Crippen LogP contribution in [-0.4, -0.2) is 86.5 Å². The Morgan fingerprint density at radius 2 is 1.65 bits per heavy atom. The number of likely N-dealkylation sites (tertiary alicyclic amines) is 1. The highest BCUT2D eigenvalue weighted by atomic mass is 32.2. The number of hydrogen-bond donors (Lipinski definition) is 2. The van der Waals surface area contributed by atoms with E-state index >= 15 is 4.39 Å². The van der Waals surface area contributed by atoms with E-state index in [9.17, 15) is 34.4 Å². The smallest absolute Gasteiger partial charge is 0.351 e. The zero-order valence-corrected chi connectivity index (χ0v) is 29.2. The number of rotatable bonds is 8. The predicted molar refractivity (Wildman–Crippen MR) is 181 cm³/mol. The van der Waals surface area contributed by atoms with E-state index in [2.05, 4.69) is 25.1 Å². The largest absolute Gasteiger partial charge is 0.417 e. The minimum absolute atomic E-state index is 0.0299. The highest BCUT2D eigenvalue weighted by molar-refractivity contribution is 7.92. The Bertz CT molecular complexity index is 2240. The molecule has 0 amide bonds. The molecular weight excluding hydrogens is 738 g/mol. The normalized spacial score (nSPS) is 25.5. The third kappa shape index (κ3) is 6.20. The number of aromatic nitrogens is 3. The van der Waals surface area contributed by atoms with E-state index in [1.807, 2.05) is 11.8 Å². The van der Waals surface area contributed by atoms with Gasteiger partial charge in [0.2, 0.25) is 5.95 Å². The summed E-state index contributed by atoms with van der Waals surface area (Å²) in [6.07, 6.45) is -1.83. The summed E-state index contributed by atoms with van der Waals surface area (Å²) in [4.78, 5) is 17.1. The Hall–Kier alpha value is -3.94. The molecular formula is C32H30F5N7O4S3. The summed E-state index contributed by atoms with van der Waals surface area (Å²) in [5.41, 5.74) is -2.10. The molecule has 0 radical (unpaired) electrons. The number of anilines is 3. The molecule has 4 fully saturated rings. The maximum absolute atomic E-state index is 16.5. The van der Waals surface area contributed by atoms with Crippen molar-refractivity contribution >= 4 is 48.0 Å². The third-order valence-corrected chi connectivity index (χ3v) is 14.3. The van der Waals surface area contributed by atoms with Crippen LogP contribution in [0.5, 0.6) is 0 Å². The van der Waals surface area contributed by atoms with Gasteiger partial charge < -0.3 is 15.1 Å². The van der Waals surface area contributed by atoms with E-state index in [0.717, 1.165) is 38.1 Å². The average Bonchev–Trinajstić information content (AvgIpc) is 3.35. The number of nitrogens with zero attached hydrogens (tertiary/aromatic N) is 5. The third-order valence-electron chi connectivity index (χ3n) is 9.95. The molecule has 2 aromatic carbocycles. The van der Waals surface area contributed by atoms with Gasteiger partial charge >= 0.3 is 6.18 Å². The van der Waals surface area contributed by atoms with Gasteiger partial charge in [-0.3, -0.25) is 4.72 Å². The maximum Gasteiger partial charge on any atom is 0.417 e. The van der Waals surface area contributed by atoms with Gasteiger partial charge in [0.25, 0.3) is 10.0 Å². The summed E-state index contributed by atoms with van der Waals surface area (Å²) in [7, 11) is -6.29. The topological polar surface area (TPSA) is 137 Å². The van der Waals surface area contributed by atoms with Gasteiger partial charge in [0.05, 0.1) is 39.0 Å². The number of sulfonamides is 1. The first-order chi connectivity index (χ1) is 24.1. The van der Waals surface area contributed by atoms with Crippen LogP contribution in [0.3, 0.4) is 0 Å². The molecule has 4 aromatic rings. The van der Waals surface area contributed by atoms with Crippen molar-refractivity contribution in [2.24, 2.45) is 11.8 Å². The molecule has 8 rings (SSSR count). The first kappa shape index (κ1) is 34.2. The van der Waals surface area contributed by atoms with Crippen LogP contribution in [0.25, 0.3) is 21.8 Å². The highest BCUT2D eigenvalue weighted by Crippen LogP contribution is 2.49.